The van der Waals surface area contributed by atoms with Crippen molar-refractivity contribution < 1.29 is 87.5 Å². The van der Waals surface area contributed by atoms with Gasteiger partial charge < -0.3 is 69.5 Å². The number of benzene rings is 3. The van der Waals surface area contributed by atoms with E-state index < -0.39 is 72.1 Å². The molecule has 6 heterocycles. The first-order valence-electron chi connectivity index (χ1n) is 32.5. The highest BCUT2D eigenvalue weighted by atomic mass is 32.1. The van der Waals surface area contributed by atoms with Crippen LogP contribution >= 0.6 is 11.3 Å². The quantitative estimate of drug-likeness (QED) is 0.0200. The average Bonchev–Trinajstić information content (AvgIpc) is 1.01. The van der Waals surface area contributed by atoms with Crippen LogP contribution in [-0.4, -0.2) is 181 Å². The molecule has 2 saturated carbocycles. The number of alkyl carbamates (subject to hydrolysis) is 1. The molecule has 98 heavy (non-hydrogen) atoms. The van der Waals surface area contributed by atoms with E-state index in [0.717, 1.165) is 77.1 Å². The molecule has 3 fully saturated rings. The number of nitriles is 1. The summed E-state index contributed by atoms with van der Waals surface area (Å²) in [6, 6.07) is 20.9. The number of imide groups is 1. The summed E-state index contributed by atoms with van der Waals surface area (Å²) in [4.78, 5) is 100. The third-order valence-corrected chi connectivity index (χ3v) is 19.7. The third-order valence-electron chi connectivity index (χ3n) is 18.8. The molecular weight excluding hydrogens is 1290 g/mol. The van der Waals surface area contributed by atoms with E-state index in [1.54, 1.807) is 30.5 Å². The van der Waals surface area contributed by atoms with E-state index in [4.69, 9.17) is 38.5 Å². The standard InChI is InChI=1S/C69H78N10O18S/c1-40-47(45-14-15-52(75-56(45)62(87)88)77-26-18-44-41(33-70)11-13-46(48(44)35-77)61(86)76-65-74-49-8-4-5-9-51(49)98-65)34-73-79(40)25-7-22-69(38-67(2)20-6-21-68(3,37-67)39-69)95-29-24-72-66(91)94-36-42-10-12-43(96-64-59(85)57(83)58(84)60(97-64)63(89)90)32-50(42)93-31-30-92-28-23-71-53(80)19-27-78-54(81)16-17-55(78)82/h4-5,8-17,32,34,57-60,64,83-85H,6-7,18-31,35-39H2,1-3H3,(H,71,80)(H,72,91)(H,87,88)(H,89,90)(H,74,76,86)/t57-,58-,59+,60-,64+,67?,68?,69?/m0/s1. The molecule has 0 radical (unpaired) electrons. The Kier molecular flexibility index (Phi) is 21.5. The molecule has 2 unspecified atom stereocenters. The van der Waals surface area contributed by atoms with Crippen LogP contribution in [0.2, 0.25) is 0 Å². The van der Waals surface area contributed by atoms with Gasteiger partial charge in [0.2, 0.25) is 12.2 Å². The molecule has 28 nitrogen and oxygen atoms in total. The van der Waals surface area contributed by atoms with Crippen LogP contribution in [0.25, 0.3) is 21.3 Å². The van der Waals surface area contributed by atoms with Crippen molar-refractivity contribution in [2.75, 3.05) is 62.8 Å². The van der Waals surface area contributed by atoms with Crippen LogP contribution in [-0.2, 0) is 64.2 Å². The van der Waals surface area contributed by atoms with Gasteiger partial charge >= 0.3 is 18.0 Å². The van der Waals surface area contributed by atoms with Gasteiger partial charge in [-0.1, -0.05) is 43.7 Å². The third kappa shape index (κ3) is 16.1. The summed E-state index contributed by atoms with van der Waals surface area (Å²) >= 11 is 1.36. The Morgan fingerprint density at radius 2 is 1.60 bits per heavy atom. The van der Waals surface area contributed by atoms with E-state index in [1.807, 2.05) is 40.8 Å². The smallest absolute Gasteiger partial charge is 0.407 e. The lowest BCUT2D eigenvalue weighted by atomic mass is 9.51. The number of rotatable bonds is 28. The van der Waals surface area contributed by atoms with Crippen molar-refractivity contribution in [2.45, 2.75) is 141 Å². The molecule has 0 spiro atoms. The number of aromatic carboxylic acids is 1. The minimum absolute atomic E-state index is 0.0112. The van der Waals surface area contributed by atoms with Crippen molar-refractivity contribution >= 4 is 74.2 Å². The highest BCUT2D eigenvalue weighted by molar-refractivity contribution is 7.22. The number of para-hydroxylation sites is 1. The number of fused-ring (bicyclic) bond motifs is 4. The number of pyridine rings is 1. The summed E-state index contributed by atoms with van der Waals surface area (Å²) in [6.07, 6.45) is 1.43. The number of aromatic nitrogens is 4. The molecule has 8 N–H and O–H groups in total. The van der Waals surface area contributed by atoms with E-state index in [0.29, 0.717) is 76.7 Å². The number of nitrogens with one attached hydrogen (secondary N) is 3. The maximum Gasteiger partial charge on any atom is 0.407 e. The molecule has 7 atom stereocenters. The van der Waals surface area contributed by atoms with Crippen LogP contribution in [0.1, 0.15) is 120 Å². The Morgan fingerprint density at radius 3 is 2.35 bits per heavy atom. The Hall–Kier alpha value is -9.41. The van der Waals surface area contributed by atoms with Crippen molar-refractivity contribution in [3.63, 3.8) is 0 Å². The normalized spacial score (nSPS) is 23.4. The zero-order valence-electron chi connectivity index (χ0n) is 54.4. The Labute approximate surface area is 567 Å². The van der Waals surface area contributed by atoms with Crippen LogP contribution < -0.4 is 30.3 Å². The van der Waals surface area contributed by atoms with Gasteiger partial charge in [-0.25, -0.2) is 24.4 Å². The fourth-order valence-corrected chi connectivity index (χ4v) is 15.3. The number of nitrogens with zero attached hydrogens (tertiary/aromatic N) is 7. The van der Waals surface area contributed by atoms with Gasteiger partial charge in [-0.2, -0.15) is 10.4 Å². The van der Waals surface area contributed by atoms with E-state index in [1.165, 1.54) is 29.5 Å². The van der Waals surface area contributed by atoms with Crippen molar-refractivity contribution in [3.8, 4) is 28.7 Å². The van der Waals surface area contributed by atoms with Gasteiger partial charge in [-0.15, -0.1) is 0 Å². The maximum absolute atomic E-state index is 13.9. The lowest BCUT2D eigenvalue weighted by Crippen LogP contribution is -2.61. The van der Waals surface area contributed by atoms with Crippen LogP contribution in [0.15, 0.2) is 85.1 Å². The van der Waals surface area contributed by atoms with Gasteiger partial charge in [0.05, 0.1) is 53.5 Å². The summed E-state index contributed by atoms with van der Waals surface area (Å²) in [5, 5.41) is 75.1. The number of carbonyl (C=O) groups excluding carboxylic acids is 5. The number of ether oxygens (including phenoxy) is 6. The van der Waals surface area contributed by atoms with Gasteiger partial charge in [0.25, 0.3) is 17.7 Å². The van der Waals surface area contributed by atoms with E-state index in [2.05, 4.69) is 40.9 Å². The molecule has 2 bridgehead atoms. The number of aliphatic hydroxyl groups excluding tert-OH is 3. The lowest BCUT2D eigenvalue weighted by molar-refractivity contribution is -0.271. The number of anilines is 2. The summed E-state index contributed by atoms with van der Waals surface area (Å²) in [5.41, 5.74) is 4.50. The number of carbonyl (C=O) groups is 7. The summed E-state index contributed by atoms with van der Waals surface area (Å²) in [7, 11) is 0. The molecule has 5 amide bonds. The Bertz CT molecular complexity index is 4030. The molecule has 3 aliphatic heterocycles. The van der Waals surface area contributed by atoms with Crippen LogP contribution in [0.3, 0.4) is 0 Å². The molecule has 3 aromatic heterocycles. The molecule has 29 heteroatoms. The van der Waals surface area contributed by atoms with Gasteiger partial charge in [0, 0.05) is 91.9 Å². The van der Waals surface area contributed by atoms with Crippen molar-refractivity contribution in [1.82, 2.24) is 35.3 Å². The molecule has 2 aliphatic carbocycles. The van der Waals surface area contributed by atoms with E-state index >= 15 is 0 Å². The number of aryl methyl sites for hydroxylation is 1. The van der Waals surface area contributed by atoms with Crippen LogP contribution in [0.5, 0.6) is 11.5 Å². The molecular formula is C69H78N10O18S. The predicted octanol–water partition coefficient (Wildman–Crippen LogP) is 6.19. The topological polar surface area (TPSA) is 386 Å². The first-order valence-corrected chi connectivity index (χ1v) is 33.3. The fourth-order valence-electron chi connectivity index (χ4n) is 14.5. The largest absolute Gasteiger partial charge is 0.491 e. The molecule has 6 aromatic rings. The minimum atomic E-state index is -1.94. The Morgan fingerprint density at radius 1 is 0.837 bits per heavy atom. The predicted molar refractivity (Wildman–Crippen MR) is 352 cm³/mol. The number of aliphatic carboxylic acids is 1. The Balaban J connectivity index is 0.701. The summed E-state index contributed by atoms with van der Waals surface area (Å²) < 4.78 is 38.1. The van der Waals surface area contributed by atoms with Crippen molar-refractivity contribution in [1.29, 1.82) is 5.26 Å². The molecule has 5 aliphatic rings. The fraction of sp³-hybridized carbons (Fsp3) is 0.464. The zero-order valence-corrected chi connectivity index (χ0v) is 55.2. The minimum Gasteiger partial charge on any atom is -0.491 e. The number of carboxylic acid groups (broad SMARTS) is 2. The highest BCUT2D eigenvalue weighted by Crippen LogP contribution is 2.60. The van der Waals surface area contributed by atoms with Gasteiger partial charge in [-0.3, -0.25) is 34.1 Å². The van der Waals surface area contributed by atoms with Crippen LogP contribution in [0, 0.1) is 29.1 Å². The second-order valence-electron chi connectivity index (χ2n) is 26.1. The van der Waals surface area contributed by atoms with E-state index in [9.17, 15) is 64.4 Å². The maximum atomic E-state index is 13.9. The number of hydrogen-bond acceptors (Lipinski definition) is 22. The van der Waals surface area contributed by atoms with Crippen molar-refractivity contribution in [3.05, 3.63) is 124 Å². The molecule has 1 saturated heterocycles. The first kappa shape index (κ1) is 69.9. The number of thiazole rings is 1. The first-order chi connectivity index (χ1) is 47.0. The highest BCUT2D eigenvalue weighted by Gasteiger charge is 2.53. The van der Waals surface area contributed by atoms with Crippen molar-refractivity contribution in [2.24, 2.45) is 10.8 Å². The lowest BCUT2D eigenvalue weighted by Gasteiger charge is -2.57. The second-order valence-corrected chi connectivity index (χ2v) is 27.1. The second kappa shape index (κ2) is 30.1. The molecule has 11 rings (SSSR count). The average molecular weight is 1370 g/mol. The summed E-state index contributed by atoms with van der Waals surface area (Å²) in [5.74, 6) is -4.05. The van der Waals surface area contributed by atoms with E-state index in [-0.39, 0.29) is 99.6 Å². The summed E-state index contributed by atoms with van der Waals surface area (Å²) in [6.45, 7) is 7.72. The monoisotopic (exact) mass is 1370 g/mol. The molecule has 518 valence electrons. The number of carboxylic acids is 2. The van der Waals surface area contributed by atoms with Gasteiger partial charge in [0.1, 0.15) is 48.8 Å². The van der Waals surface area contributed by atoms with Gasteiger partial charge in [-0.05, 0) is 129 Å². The SMILES string of the molecule is Cc1c(-c2ccc(N3CCc4c(C#N)ccc(C(=O)Nc5nc6ccccc6s5)c4C3)nc2C(=O)O)cnn1CCCC1(OCCNC(=O)OCc2ccc(O[C@@H]3O[C@H](C(=O)O)[C@@H](O)[C@H](O)[C@H]3O)cc2OCCOCCNC(=O)CCN2C(=O)C=CC2=O)CC2(C)CCCC(C)(C2)C1. The van der Waals surface area contributed by atoms with Gasteiger partial charge in [0.15, 0.2) is 16.9 Å². The number of hydrogen-bond donors (Lipinski definition) is 8. The molecule has 3 aromatic carbocycles. The van der Waals surface area contributed by atoms with Crippen LogP contribution in [0.4, 0.5) is 15.7 Å². The number of amides is 5. The number of aliphatic hydroxyl groups is 3. The zero-order chi connectivity index (χ0) is 69.5.